The first kappa shape index (κ1) is 20.4. The first-order valence-electron chi connectivity index (χ1n) is 8.80. The number of piperazine rings is 1. The maximum absolute atomic E-state index is 13.9. The van der Waals surface area contributed by atoms with Gasteiger partial charge in [-0.1, -0.05) is 18.2 Å². The van der Waals surface area contributed by atoms with E-state index in [0.29, 0.717) is 5.69 Å². The van der Waals surface area contributed by atoms with Crippen LogP contribution in [0.1, 0.15) is 5.56 Å². The van der Waals surface area contributed by atoms with E-state index in [0.717, 1.165) is 28.1 Å². The summed E-state index contributed by atoms with van der Waals surface area (Å²) < 4.78 is 54.0. The summed E-state index contributed by atoms with van der Waals surface area (Å²) in [6.07, 6.45) is 0. The summed E-state index contributed by atoms with van der Waals surface area (Å²) in [6, 6.07) is 10.4. The molecule has 0 bridgehead atoms. The van der Waals surface area contributed by atoms with Crippen LogP contribution in [0.2, 0.25) is 0 Å². The smallest absolute Gasteiger partial charge is 0.249 e. The van der Waals surface area contributed by atoms with Crippen LogP contribution in [-0.2, 0) is 14.8 Å². The minimum absolute atomic E-state index is 0.0494. The van der Waals surface area contributed by atoms with Gasteiger partial charge < -0.3 is 5.32 Å². The van der Waals surface area contributed by atoms with Crippen LogP contribution in [0, 0.1) is 18.6 Å². The van der Waals surface area contributed by atoms with Gasteiger partial charge >= 0.3 is 0 Å². The Morgan fingerprint density at radius 3 is 2.25 bits per heavy atom. The Hall–Kier alpha value is -2.36. The van der Waals surface area contributed by atoms with Gasteiger partial charge in [0, 0.05) is 31.9 Å². The van der Waals surface area contributed by atoms with Crippen molar-refractivity contribution in [3.63, 3.8) is 0 Å². The first-order chi connectivity index (χ1) is 13.3. The molecule has 1 fully saturated rings. The molecule has 0 saturated carbocycles. The summed E-state index contributed by atoms with van der Waals surface area (Å²) in [6.45, 7) is 2.71. The van der Waals surface area contributed by atoms with E-state index in [1.165, 1.54) is 0 Å². The van der Waals surface area contributed by atoms with Gasteiger partial charge in [-0.3, -0.25) is 9.69 Å². The molecule has 150 valence electrons. The van der Waals surface area contributed by atoms with Crippen LogP contribution < -0.4 is 5.32 Å². The number of halogens is 2. The lowest BCUT2D eigenvalue weighted by molar-refractivity contribution is -0.117. The van der Waals surface area contributed by atoms with Crippen LogP contribution in [0.5, 0.6) is 0 Å². The molecule has 6 nitrogen and oxygen atoms in total. The van der Waals surface area contributed by atoms with Gasteiger partial charge in [-0.25, -0.2) is 17.2 Å². The number of hydrogen-bond acceptors (Lipinski definition) is 4. The molecule has 9 heteroatoms. The third kappa shape index (κ3) is 4.54. The second-order valence-corrected chi connectivity index (χ2v) is 8.52. The Kier molecular flexibility index (Phi) is 6.07. The van der Waals surface area contributed by atoms with Gasteiger partial charge in [0.2, 0.25) is 15.9 Å². The van der Waals surface area contributed by atoms with Gasteiger partial charge in [0.15, 0.2) is 4.90 Å². The van der Waals surface area contributed by atoms with Gasteiger partial charge in [-0.05, 0) is 36.8 Å². The van der Waals surface area contributed by atoms with Crippen LogP contribution in [0.15, 0.2) is 47.4 Å². The molecule has 1 amide bonds. The largest absolute Gasteiger partial charge is 0.325 e. The molecular weight excluding hydrogens is 388 g/mol. The summed E-state index contributed by atoms with van der Waals surface area (Å²) in [5.74, 6) is -2.43. The molecule has 0 aliphatic carbocycles. The normalized spacial score (nSPS) is 16.1. The molecule has 0 atom stereocenters. The molecule has 0 unspecified atom stereocenters. The summed E-state index contributed by atoms with van der Waals surface area (Å²) in [5.41, 5.74) is 1.72. The van der Waals surface area contributed by atoms with Gasteiger partial charge in [0.05, 0.1) is 6.54 Å². The molecule has 0 radical (unpaired) electrons. The summed E-state index contributed by atoms with van der Waals surface area (Å²) in [7, 11) is -4.27. The summed E-state index contributed by atoms with van der Waals surface area (Å²) in [4.78, 5) is 13.1. The predicted molar refractivity (Wildman–Crippen MR) is 101 cm³/mol. The molecule has 1 aliphatic heterocycles. The van der Waals surface area contributed by atoms with E-state index in [1.807, 2.05) is 25.1 Å². The lowest BCUT2D eigenvalue weighted by Gasteiger charge is -2.33. The number of sulfonamides is 1. The topological polar surface area (TPSA) is 69.7 Å². The number of aryl methyl sites for hydroxylation is 1. The molecule has 0 aromatic heterocycles. The number of anilines is 1. The van der Waals surface area contributed by atoms with E-state index in [-0.39, 0.29) is 38.6 Å². The molecule has 2 aromatic carbocycles. The van der Waals surface area contributed by atoms with Crippen LogP contribution in [0.3, 0.4) is 0 Å². The Morgan fingerprint density at radius 2 is 1.64 bits per heavy atom. The number of rotatable bonds is 5. The van der Waals surface area contributed by atoms with E-state index in [2.05, 4.69) is 5.32 Å². The fourth-order valence-corrected chi connectivity index (χ4v) is 4.64. The molecule has 2 aromatic rings. The van der Waals surface area contributed by atoms with Crippen molar-refractivity contribution in [2.45, 2.75) is 11.8 Å². The quantitative estimate of drug-likeness (QED) is 0.822. The number of carbonyl (C=O) groups is 1. The van der Waals surface area contributed by atoms with Crippen LogP contribution in [0.4, 0.5) is 14.5 Å². The van der Waals surface area contributed by atoms with E-state index < -0.39 is 26.6 Å². The van der Waals surface area contributed by atoms with Crippen molar-refractivity contribution in [3.8, 4) is 0 Å². The molecule has 1 saturated heterocycles. The van der Waals surface area contributed by atoms with Crippen molar-refractivity contribution in [1.82, 2.24) is 9.21 Å². The second-order valence-electron chi connectivity index (χ2n) is 6.65. The van der Waals surface area contributed by atoms with Crippen LogP contribution in [-0.4, -0.2) is 56.3 Å². The summed E-state index contributed by atoms with van der Waals surface area (Å²) >= 11 is 0. The van der Waals surface area contributed by atoms with Crippen molar-refractivity contribution in [3.05, 3.63) is 59.7 Å². The van der Waals surface area contributed by atoms with E-state index >= 15 is 0 Å². The molecule has 3 rings (SSSR count). The molecule has 1 aliphatic rings. The Balaban J connectivity index is 1.59. The third-order valence-corrected chi connectivity index (χ3v) is 6.47. The van der Waals surface area contributed by atoms with E-state index in [9.17, 15) is 22.0 Å². The monoisotopic (exact) mass is 409 g/mol. The molecule has 1 heterocycles. The van der Waals surface area contributed by atoms with Gasteiger partial charge in [0.25, 0.3) is 0 Å². The van der Waals surface area contributed by atoms with Crippen LogP contribution in [0.25, 0.3) is 0 Å². The zero-order chi connectivity index (χ0) is 20.3. The van der Waals surface area contributed by atoms with Crippen molar-refractivity contribution in [2.75, 3.05) is 38.0 Å². The molecule has 1 N–H and O–H groups in total. The maximum atomic E-state index is 13.9. The first-order valence-corrected chi connectivity index (χ1v) is 10.2. The molecule has 28 heavy (non-hydrogen) atoms. The average Bonchev–Trinajstić information content (AvgIpc) is 2.61. The zero-order valence-corrected chi connectivity index (χ0v) is 16.2. The number of nitrogens with one attached hydrogen (secondary N) is 1. The number of hydrogen-bond donors (Lipinski definition) is 1. The fraction of sp³-hybridized carbons (Fsp3) is 0.316. The Morgan fingerprint density at radius 1 is 1.04 bits per heavy atom. The predicted octanol–water partition coefficient (Wildman–Crippen LogP) is 2.22. The SMILES string of the molecule is Cc1cccc(NC(=O)CN2CCN(S(=O)(=O)c3c(F)cccc3F)CC2)c1. The molecule has 0 spiro atoms. The molecular formula is C19H21F2N3O3S. The van der Waals surface area contributed by atoms with E-state index in [4.69, 9.17) is 0 Å². The lowest BCUT2D eigenvalue weighted by atomic mass is 10.2. The highest BCUT2D eigenvalue weighted by atomic mass is 32.2. The third-order valence-electron chi connectivity index (χ3n) is 4.52. The van der Waals surface area contributed by atoms with E-state index in [1.54, 1.807) is 11.0 Å². The van der Waals surface area contributed by atoms with Gasteiger partial charge in [-0.2, -0.15) is 4.31 Å². The van der Waals surface area contributed by atoms with Crippen molar-refractivity contribution in [1.29, 1.82) is 0 Å². The average molecular weight is 409 g/mol. The minimum atomic E-state index is -4.27. The van der Waals surface area contributed by atoms with Crippen molar-refractivity contribution >= 4 is 21.6 Å². The fourth-order valence-electron chi connectivity index (χ4n) is 3.11. The number of benzene rings is 2. The number of carbonyl (C=O) groups excluding carboxylic acids is 1. The lowest BCUT2D eigenvalue weighted by Crippen LogP contribution is -2.50. The maximum Gasteiger partial charge on any atom is 0.249 e. The van der Waals surface area contributed by atoms with Crippen LogP contribution >= 0.6 is 0 Å². The zero-order valence-electron chi connectivity index (χ0n) is 15.4. The highest BCUT2D eigenvalue weighted by Gasteiger charge is 2.33. The van der Waals surface area contributed by atoms with Crippen molar-refractivity contribution < 1.29 is 22.0 Å². The van der Waals surface area contributed by atoms with Gasteiger partial charge in [-0.15, -0.1) is 0 Å². The second kappa shape index (κ2) is 8.34. The highest BCUT2D eigenvalue weighted by Crippen LogP contribution is 2.23. The summed E-state index contributed by atoms with van der Waals surface area (Å²) in [5, 5.41) is 2.80. The number of amides is 1. The highest BCUT2D eigenvalue weighted by molar-refractivity contribution is 7.89. The van der Waals surface area contributed by atoms with Gasteiger partial charge in [0.1, 0.15) is 11.6 Å². The Labute approximate surface area is 162 Å². The minimum Gasteiger partial charge on any atom is -0.325 e. The Bertz CT molecular complexity index is 954. The standard InChI is InChI=1S/C19H21F2N3O3S/c1-14-4-2-5-15(12-14)22-18(25)13-23-8-10-24(11-9-23)28(26,27)19-16(20)6-3-7-17(19)21/h2-7,12H,8-11,13H2,1H3,(H,22,25). The van der Waals surface area contributed by atoms with Crippen molar-refractivity contribution in [2.24, 2.45) is 0 Å². The number of nitrogens with zero attached hydrogens (tertiary/aromatic N) is 2.